The zero-order chi connectivity index (χ0) is 14.2. The summed E-state index contributed by atoms with van der Waals surface area (Å²) in [6, 6.07) is 16.6. The Hall–Kier alpha value is -2.14. The van der Waals surface area contributed by atoms with Crippen LogP contribution >= 0.6 is 0 Å². The van der Waals surface area contributed by atoms with Crippen LogP contribution in [0, 0.1) is 0 Å². The molecule has 0 amide bonds. The molecule has 0 spiro atoms. The van der Waals surface area contributed by atoms with E-state index in [0.717, 1.165) is 5.69 Å². The van der Waals surface area contributed by atoms with Crippen molar-refractivity contribution in [3.63, 3.8) is 0 Å². The number of rotatable bonds is 2. The molecule has 0 aromatic heterocycles. The first kappa shape index (κ1) is 12.9. The van der Waals surface area contributed by atoms with E-state index in [1.807, 2.05) is 48.2 Å². The van der Waals surface area contributed by atoms with Crippen molar-refractivity contribution in [2.45, 2.75) is 11.8 Å². The predicted octanol–water partition coefficient (Wildman–Crippen LogP) is 2.66. The molecule has 0 N–H and O–H groups in total. The normalized spacial score (nSPS) is 15.6. The van der Waals surface area contributed by atoms with Crippen LogP contribution in [0.25, 0.3) is 0 Å². The summed E-state index contributed by atoms with van der Waals surface area (Å²) in [4.78, 5) is 2.19. The van der Waals surface area contributed by atoms with Gasteiger partial charge in [0.2, 0.25) is 0 Å². The first-order chi connectivity index (χ1) is 9.63. The Bertz CT molecular complexity index is 767. The minimum Gasteiger partial charge on any atom is -0.325 e. The third-order valence-corrected chi connectivity index (χ3v) is 4.58. The maximum atomic E-state index is 12.1. The smallest absolute Gasteiger partial charge is 0.285 e. The first-order valence-corrected chi connectivity index (χ1v) is 7.84. The van der Waals surface area contributed by atoms with Crippen molar-refractivity contribution < 1.29 is 8.42 Å². The predicted molar refractivity (Wildman–Crippen MR) is 79.6 cm³/mol. The lowest BCUT2D eigenvalue weighted by Gasteiger charge is -2.22. The van der Waals surface area contributed by atoms with Crippen molar-refractivity contribution in [1.82, 2.24) is 0 Å². The summed E-state index contributed by atoms with van der Waals surface area (Å²) in [5, 5.41) is 0. The minimum absolute atomic E-state index is 0.282. The molecule has 0 saturated heterocycles. The number of sulfonamides is 1. The van der Waals surface area contributed by atoms with E-state index in [4.69, 9.17) is 0 Å². The number of hydrogen-bond acceptors (Lipinski definition) is 3. The maximum absolute atomic E-state index is 12.1. The standard InChI is InChI=1S/C15H14N2O2S/c1-2-17(12-8-4-3-5-9-12)15-13-10-6-7-11-14(13)20(18,19)16-15/h3-11H,2H2,1H3. The quantitative estimate of drug-likeness (QED) is 0.852. The van der Waals surface area contributed by atoms with E-state index in [-0.39, 0.29) is 4.90 Å². The molecule has 0 unspecified atom stereocenters. The molecule has 4 nitrogen and oxygen atoms in total. The lowest BCUT2D eigenvalue weighted by Crippen LogP contribution is -2.30. The SMILES string of the molecule is CCN(C1=NS(=O)(=O)c2ccccc21)c1ccccc1. The van der Waals surface area contributed by atoms with Gasteiger partial charge >= 0.3 is 0 Å². The van der Waals surface area contributed by atoms with Gasteiger partial charge in [-0.3, -0.25) is 0 Å². The summed E-state index contributed by atoms with van der Waals surface area (Å²) in [5.74, 6) is 0.495. The summed E-state index contributed by atoms with van der Waals surface area (Å²) in [5.41, 5.74) is 1.60. The van der Waals surface area contributed by atoms with Gasteiger partial charge in [0, 0.05) is 17.8 Å². The van der Waals surface area contributed by atoms with E-state index in [1.54, 1.807) is 18.2 Å². The van der Waals surface area contributed by atoms with Crippen LogP contribution < -0.4 is 4.90 Å². The van der Waals surface area contributed by atoms with Crippen LogP contribution in [0.2, 0.25) is 0 Å². The second-order valence-corrected chi connectivity index (χ2v) is 6.04. The summed E-state index contributed by atoms with van der Waals surface area (Å²) in [7, 11) is -3.57. The number of para-hydroxylation sites is 1. The van der Waals surface area contributed by atoms with Gasteiger partial charge < -0.3 is 4.90 Å². The van der Waals surface area contributed by atoms with Crippen molar-refractivity contribution in [3.8, 4) is 0 Å². The lowest BCUT2D eigenvalue weighted by atomic mass is 10.1. The summed E-state index contributed by atoms with van der Waals surface area (Å²) >= 11 is 0. The molecule has 102 valence electrons. The second-order valence-electron chi connectivity index (χ2n) is 4.47. The van der Waals surface area contributed by atoms with E-state index >= 15 is 0 Å². The maximum Gasteiger partial charge on any atom is 0.285 e. The third-order valence-electron chi connectivity index (χ3n) is 3.25. The molecule has 0 bridgehead atoms. The van der Waals surface area contributed by atoms with Gasteiger partial charge in [0.15, 0.2) is 5.84 Å². The van der Waals surface area contributed by atoms with Crippen LogP contribution in [0.4, 0.5) is 5.69 Å². The Morgan fingerprint density at radius 1 is 1.00 bits per heavy atom. The van der Waals surface area contributed by atoms with Crippen LogP contribution in [0.3, 0.4) is 0 Å². The fraction of sp³-hybridized carbons (Fsp3) is 0.133. The van der Waals surface area contributed by atoms with Crippen molar-refractivity contribution >= 4 is 21.5 Å². The first-order valence-electron chi connectivity index (χ1n) is 6.40. The van der Waals surface area contributed by atoms with Crippen molar-refractivity contribution in [3.05, 3.63) is 60.2 Å². The van der Waals surface area contributed by atoms with Crippen LogP contribution in [0.1, 0.15) is 12.5 Å². The highest BCUT2D eigenvalue weighted by Gasteiger charge is 2.31. The van der Waals surface area contributed by atoms with E-state index in [2.05, 4.69) is 4.40 Å². The number of nitrogens with zero attached hydrogens (tertiary/aromatic N) is 2. The molecule has 0 radical (unpaired) electrons. The number of fused-ring (bicyclic) bond motifs is 1. The molecule has 0 aliphatic carbocycles. The highest BCUT2D eigenvalue weighted by Crippen LogP contribution is 2.29. The molecule has 1 aliphatic heterocycles. The van der Waals surface area contributed by atoms with Crippen LogP contribution in [-0.2, 0) is 10.0 Å². The number of benzene rings is 2. The van der Waals surface area contributed by atoms with Crippen molar-refractivity contribution in [2.75, 3.05) is 11.4 Å². The largest absolute Gasteiger partial charge is 0.325 e. The molecule has 2 aromatic carbocycles. The highest BCUT2D eigenvalue weighted by molar-refractivity contribution is 7.90. The Morgan fingerprint density at radius 3 is 2.35 bits per heavy atom. The van der Waals surface area contributed by atoms with Crippen LogP contribution in [-0.4, -0.2) is 20.8 Å². The molecule has 1 aliphatic rings. The van der Waals surface area contributed by atoms with Gasteiger partial charge in [-0.2, -0.15) is 8.42 Å². The van der Waals surface area contributed by atoms with Gasteiger partial charge in [0.1, 0.15) is 4.90 Å². The molecule has 0 saturated carbocycles. The van der Waals surface area contributed by atoms with Gasteiger partial charge in [-0.1, -0.05) is 30.3 Å². The highest BCUT2D eigenvalue weighted by atomic mass is 32.2. The molecule has 5 heteroatoms. The molecule has 0 fully saturated rings. The average Bonchev–Trinajstić information content (AvgIpc) is 2.74. The average molecular weight is 286 g/mol. The zero-order valence-electron chi connectivity index (χ0n) is 11.0. The lowest BCUT2D eigenvalue weighted by molar-refractivity contribution is 0.599. The fourth-order valence-corrected chi connectivity index (χ4v) is 3.56. The van der Waals surface area contributed by atoms with Gasteiger partial charge in [-0.15, -0.1) is 4.40 Å². The second kappa shape index (κ2) is 4.76. The Morgan fingerprint density at radius 2 is 1.65 bits per heavy atom. The van der Waals surface area contributed by atoms with Crippen molar-refractivity contribution in [1.29, 1.82) is 0 Å². The fourth-order valence-electron chi connectivity index (χ4n) is 2.35. The number of amidine groups is 1. The third kappa shape index (κ3) is 2.00. The van der Waals surface area contributed by atoms with Crippen LogP contribution in [0.5, 0.6) is 0 Å². The molecule has 2 aromatic rings. The van der Waals surface area contributed by atoms with E-state index in [1.165, 1.54) is 0 Å². The van der Waals surface area contributed by atoms with Gasteiger partial charge in [-0.05, 0) is 31.2 Å². The number of hydrogen-bond donors (Lipinski definition) is 0. The molecular formula is C15H14N2O2S. The molecule has 0 atom stereocenters. The van der Waals surface area contributed by atoms with Crippen LogP contribution in [0.15, 0.2) is 63.9 Å². The topological polar surface area (TPSA) is 49.7 Å². The molecular weight excluding hydrogens is 272 g/mol. The van der Waals surface area contributed by atoms with Gasteiger partial charge in [0.05, 0.1) is 0 Å². The monoisotopic (exact) mass is 286 g/mol. The molecule has 1 heterocycles. The molecule has 20 heavy (non-hydrogen) atoms. The Labute approximate surface area is 118 Å². The summed E-state index contributed by atoms with van der Waals surface area (Å²) < 4.78 is 28.2. The molecule has 3 rings (SSSR count). The van der Waals surface area contributed by atoms with Gasteiger partial charge in [-0.25, -0.2) is 0 Å². The van der Waals surface area contributed by atoms with Gasteiger partial charge in [0.25, 0.3) is 10.0 Å². The summed E-state index contributed by atoms with van der Waals surface area (Å²) in [6.45, 7) is 2.62. The number of anilines is 1. The Balaban J connectivity index is 2.15. The summed E-state index contributed by atoms with van der Waals surface area (Å²) in [6.07, 6.45) is 0. The van der Waals surface area contributed by atoms with Crippen molar-refractivity contribution in [2.24, 2.45) is 4.40 Å². The van der Waals surface area contributed by atoms with E-state index < -0.39 is 10.0 Å². The zero-order valence-corrected chi connectivity index (χ0v) is 11.8. The van der Waals surface area contributed by atoms with E-state index in [9.17, 15) is 8.42 Å². The minimum atomic E-state index is -3.57. The Kier molecular flexibility index (Phi) is 3.06. The van der Waals surface area contributed by atoms with E-state index in [0.29, 0.717) is 17.9 Å².